The van der Waals surface area contributed by atoms with Crippen molar-refractivity contribution in [3.05, 3.63) is 94.9 Å². The van der Waals surface area contributed by atoms with E-state index in [9.17, 15) is 18.0 Å². The zero-order valence-electron chi connectivity index (χ0n) is 24.0. The minimum atomic E-state index is -4.61. The molecule has 0 spiro atoms. The van der Waals surface area contributed by atoms with E-state index in [4.69, 9.17) is 16.3 Å². The Hall–Kier alpha value is -4.15. The summed E-state index contributed by atoms with van der Waals surface area (Å²) in [5.74, 6) is -0.0436. The predicted molar refractivity (Wildman–Crippen MR) is 162 cm³/mol. The van der Waals surface area contributed by atoms with Crippen molar-refractivity contribution in [2.45, 2.75) is 32.0 Å². The van der Waals surface area contributed by atoms with Gasteiger partial charge in [0.2, 0.25) is 5.88 Å². The largest absolute Gasteiger partial charge is 0.438 e. The molecule has 1 aliphatic rings. The standard InChI is InChI=1S/C32H31ClF3N5O2/c1-4-22-16-20(11-14-37-22)25-6-5-13-38-31(25)43-24-8-9-27(33)28(18-24)39-30(42)26-17-21(32(34,35)36)7-10-29(26)41-15-12-23(19-41)40(2)3/h5-11,13-14,16-18,23H,4,12,15,19H2,1-3H3,(H,39,42)/t23-/m1/s1. The number of nitrogens with zero attached hydrogens (tertiary/aromatic N) is 4. The minimum absolute atomic E-state index is 0.0898. The first-order valence-corrected chi connectivity index (χ1v) is 14.2. The predicted octanol–water partition coefficient (Wildman–Crippen LogP) is 7.56. The van der Waals surface area contributed by atoms with Crippen LogP contribution >= 0.6 is 11.6 Å². The van der Waals surface area contributed by atoms with Crippen molar-refractivity contribution in [1.29, 1.82) is 0 Å². The number of benzene rings is 2. The smallest absolute Gasteiger partial charge is 0.416 e. The maximum absolute atomic E-state index is 13.7. The van der Waals surface area contributed by atoms with Gasteiger partial charge in [0.25, 0.3) is 5.91 Å². The fourth-order valence-corrected chi connectivity index (χ4v) is 5.21. The number of pyridine rings is 2. The maximum atomic E-state index is 13.7. The number of carbonyl (C=O) groups excluding carboxylic acids is 1. The molecule has 5 rings (SSSR count). The molecule has 3 heterocycles. The van der Waals surface area contributed by atoms with Crippen LogP contribution in [0, 0.1) is 0 Å². The first-order valence-electron chi connectivity index (χ1n) is 13.8. The molecular weight excluding hydrogens is 579 g/mol. The lowest BCUT2D eigenvalue weighted by Gasteiger charge is -2.24. The molecule has 224 valence electrons. The molecular formula is C32H31ClF3N5O2. The zero-order chi connectivity index (χ0) is 30.7. The molecule has 0 aliphatic carbocycles. The summed E-state index contributed by atoms with van der Waals surface area (Å²) < 4.78 is 47.1. The highest BCUT2D eigenvalue weighted by Gasteiger charge is 2.34. The average molecular weight is 610 g/mol. The van der Waals surface area contributed by atoms with Gasteiger partial charge in [0, 0.05) is 54.5 Å². The highest BCUT2D eigenvalue weighted by molar-refractivity contribution is 6.34. The van der Waals surface area contributed by atoms with Crippen molar-refractivity contribution in [3.8, 4) is 22.8 Å². The van der Waals surface area contributed by atoms with Gasteiger partial charge in [-0.2, -0.15) is 13.2 Å². The van der Waals surface area contributed by atoms with Crippen molar-refractivity contribution < 1.29 is 22.7 Å². The van der Waals surface area contributed by atoms with Crippen molar-refractivity contribution >= 4 is 28.9 Å². The van der Waals surface area contributed by atoms with E-state index in [1.165, 1.54) is 12.1 Å². The van der Waals surface area contributed by atoms with Crippen molar-refractivity contribution in [2.75, 3.05) is 37.4 Å². The van der Waals surface area contributed by atoms with Gasteiger partial charge in [0.15, 0.2) is 0 Å². The van der Waals surface area contributed by atoms with Crippen LogP contribution in [0.25, 0.3) is 11.1 Å². The number of ether oxygens (including phenoxy) is 1. The number of nitrogens with one attached hydrogen (secondary N) is 1. The van der Waals surface area contributed by atoms with Crippen molar-refractivity contribution in [1.82, 2.24) is 14.9 Å². The number of likely N-dealkylation sites (N-methyl/N-ethyl adjacent to an activating group) is 1. The molecule has 43 heavy (non-hydrogen) atoms. The molecule has 1 N–H and O–H groups in total. The average Bonchev–Trinajstić information content (AvgIpc) is 3.49. The Labute approximate surface area is 253 Å². The maximum Gasteiger partial charge on any atom is 0.416 e. The van der Waals surface area contributed by atoms with Gasteiger partial charge in [0.1, 0.15) is 5.75 Å². The van der Waals surface area contributed by atoms with Crippen LogP contribution in [0.4, 0.5) is 24.5 Å². The summed E-state index contributed by atoms with van der Waals surface area (Å²) in [6.45, 7) is 3.22. The highest BCUT2D eigenvalue weighted by atomic mass is 35.5. The van der Waals surface area contributed by atoms with Crippen LogP contribution in [0.3, 0.4) is 0 Å². The Morgan fingerprint density at radius 3 is 2.63 bits per heavy atom. The summed E-state index contributed by atoms with van der Waals surface area (Å²) >= 11 is 6.43. The molecule has 1 atom stereocenters. The van der Waals surface area contributed by atoms with Crippen molar-refractivity contribution in [2.24, 2.45) is 0 Å². The summed E-state index contributed by atoms with van der Waals surface area (Å²) in [4.78, 5) is 26.3. The fourth-order valence-electron chi connectivity index (χ4n) is 5.05. The third-order valence-electron chi connectivity index (χ3n) is 7.46. The number of rotatable bonds is 8. The van der Waals surface area contributed by atoms with Crippen molar-refractivity contribution in [3.63, 3.8) is 0 Å². The number of aryl methyl sites for hydroxylation is 1. The molecule has 0 unspecified atom stereocenters. The molecule has 1 amide bonds. The van der Waals surface area contributed by atoms with E-state index in [0.29, 0.717) is 30.4 Å². The van der Waals surface area contributed by atoms with Gasteiger partial charge in [-0.3, -0.25) is 9.78 Å². The summed E-state index contributed by atoms with van der Waals surface area (Å²) in [6.07, 6.45) is 0.323. The number of anilines is 2. The van der Waals surface area contributed by atoms with E-state index in [1.54, 1.807) is 30.6 Å². The zero-order valence-corrected chi connectivity index (χ0v) is 24.7. The van der Waals surface area contributed by atoms with Gasteiger partial charge in [0.05, 0.1) is 21.8 Å². The van der Waals surface area contributed by atoms with Crippen LogP contribution in [-0.2, 0) is 12.6 Å². The number of hydrogen-bond donors (Lipinski definition) is 1. The second kappa shape index (κ2) is 12.6. The Morgan fingerprint density at radius 2 is 1.91 bits per heavy atom. The Morgan fingerprint density at radius 1 is 1.09 bits per heavy atom. The Balaban J connectivity index is 1.44. The van der Waals surface area contributed by atoms with Gasteiger partial charge in [-0.05, 0) is 87.1 Å². The summed E-state index contributed by atoms with van der Waals surface area (Å²) in [7, 11) is 3.91. The lowest BCUT2D eigenvalue weighted by Crippen LogP contribution is -2.32. The molecule has 2 aromatic carbocycles. The molecule has 0 radical (unpaired) electrons. The molecule has 0 bridgehead atoms. The summed E-state index contributed by atoms with van der Waals surface area (Å²) in [6, 6.07) is 15.7. The normalized spacial score (nSPS) is 15.2. The molecule has 1 saturated heterocycles. The second-order valence-electron chi connectivity index (χ2n) is 10.5. The number of carbonyl (C=O) groups is 1. The molecule has 7 nitrogen and oxygen atoms in total. The second-order valence-corrected chi connectivity index (χ2v) is 10.9. The van der Waals surface area contributed by atoms with E-state index in [0.717, 1.165) is 41.8 Å². The SMILES string of the molecule is CCc1cc(-c2cccnc2Oc2ccc(Cl)c(NC(=O)c3cc(C(F)(F)F)ccc3N3CC[C@@H](N(C)C)C3)c2)ccn1. The van der Waals surface area contributed by atoms with Gasteiger partial charge in [-0.25, -0.2) is 4.98 Å². The van der Waals surface area contributed by atoms with E-state index in [2.05, 4.69) is 20.2 Å². The third kappa shape index (κ3) is 6.92. The fraction of sp³-hybridized carbons (Fsp3) is 0.281. The van der Waals surface area contributed by atoms with Crippen LogP contribution in [-0.4, -0.2) is 54.0 Å². The Bertz CT molecular complexity index is 1630. The van der Waals surface area contributed by atoms with Gasteiger partial charge in [-0.1, -0.05) is 18.5 Å². The highest BCUT2D eigenvalue weighted by Crippen LogP contribution is 2.37. The number of aromatic nitrogens is 2. The molecule has 4 aromatic rings. The third-order valence-corrected chi connectivity index (χ3v) is 7.79. The van der Waals surface area contributed by atoms with E-state index < -0.39 is 17.6 Å². The van der Waals surface area contributed by atoms with Crippen LogP contribution < -0.4 is 15.0 Å². The molecule has 2 aromatic heterocycles. The van der Waals surface area contributed by atoms with E-state index in [-0.39, 0.29) is 22.3 Å². The summed E-state index contributed by atoms with van der Waals surface area (Å²) in [5.41, 5.74) is 2.17. The number of amides is 1. The first-order chi connectivity index (χ1) is 20.5. The number of halogens is 4. The lowest BCUT2D eigenvalue weighted by atomic mass is 10.1. The molecule has 1 fully saturated rings. The van der Waals surface area contributed by atoms with Crippen LogP contribution in [0.5, 0.6) is 11.6 Å². The lowest BCUT2D eigenvalue weighted by molar-refractivity contribution is -0.137. The first kappa shape index (κ1) is 30.3. The van der Waals surface area contributed by atoms with E-state index in [1.807, 2.05) is 44.1 Å². The molecule has 1 aliphatic heterocycles. The van der Waals surface area contributed by atoms with Crippen LogP contribution in [0.15, 0.2) is 73.1 Å². The summed E-state index contributed by atoms with van der Waals surface area (Å²) in [5, 5.41) is 2.91. The topological polar surface area (TPSA) is 70.6 Å². The van der Waals surface area contributed by atoms with Crippen LogP contribution in [0.2, 0.25) is 5.02 Å². The number of hydrogen-bond acceptors (Lipinski definition) is 6. The van der Waals surface area contributed by atoms with Gasteiger partial charge >= 0.3 is 6.18 Å². The van der Waals surface area contributed by atoms with Gasteiger partial charge in [-0.15, -0.1) is 0 Å². The minimum Gasteiger partial charge on any atom is -0.438 e. The van der Waals surface area contributed by atoms with Gasteiger partial charge < -0.3 is 19.9 Å². The van der Waals surface area contributed by atoms with E-state index >= 15 is 0 Å². The quantitative estimate of drug-likeness (QED) is 0.222. The van der Waals surface area contributed by atoms with Crippen LogP contribution in [0.1, 0.15) is 35.0 Å². The molecule has 0 saturated carbocycles. The molecule has 11 heteroatoms. The Kier molecular flexibility index (Phi) is 8.89. The monoisotopic (exact) mass is 609 g/mol. The number of alkyl halides is 3.